The number of primary sulfonamides is 1. The van der Waals surface area contributed by atoms with Gasteiger partial charge in [-0.1, -0.05) is 12.1 Å². The normalized spacial score (nSPS) is 12.1. The van der Waals surface area contributed by atoms with E-state index in [4.69, 9.17) is 11.0 Å². The molecule has 4 N–H and O–H groups in total. The molecule has 0 unspecified atom stereocenters. The molecule has 0 aliphatic heterocycles. The van der Waals surface area contributed by atoms with Crippen LogP contribution in [0.3, 0.4) is 0 Å². The highest BCUT2D eigenvalue weighted by Gasteiger charge is 2.16. The van der Waals surface area contributed by atoms with E-state index < -0.39 is 19.9 Å². The number of nitrogens with two attached hydrogens (primary N) is 2. The summed E-state index contributed by atoms with van der Waals surface area (Å²) < 4.78 is 59.9. The van der Waals surface area contributed by atoms with Gasteiger partial charge in [0.15, 0.2) is 0 Å². The van der Waals surface area contributed by atoms with Crippen molar-refractivity contribution in [3.05, 3.63) is 77.7 Å². The Kier molecular flexibility index (Phi) is 7.00. The van der Waals surface area contributed by atoms with E-state index in [1.54, 1.807) is 36.4 Å². The van der Waals surface area contributed by atoms with E-state index in [1.165, 1.54) is 29.3 Å². The number of nitrogens with zero attached hydrogens (tertiary/aromatic N) is 4. The molecule has 0 radical (unpaired) electrons. The van der Waals surface area contributed by atoms with Crippen LogP contribution in [0.1, 0.15) is 11.3 Å². The van der Waals surface area contributed by atoms with E-state index in [0.717, 1.165) is 6.26 Å². The number of hydrogen-bond acceptors (Lipinski definition) is 9. The van der Waals surface area contributed by atoms with Crippen LogP contribution >= 0.6 is 0 Å². The fourth-order valence-corrected chi connectivity index (χ4v) is 4.56. The Labute approximate surface area is 207 Å². The molecule has 2 heterocycles. The number of aryl methyl sites for hydroxylation is 1. The Morgan fingerprint density at radius 2 is 1.56 bits per heavy atom. The number of anilines is 1. The number of hydrazine groups is 1. The van der Waals surface area contributed by atoms with Gasteiger partial charge >= 0.3 is 0 Å². The summed E-state index contributed by atoms with van der Waals surface area (Å²) in [4.78, 5) is 13.6. The number of benzene rings is 2. The minimum absolute atomic E-state index is 0.0251. The third-order valence-corrected chi connectivity index (χ3v) is 7.19. The monoisotopic (exact) mass is 530 g/mol. The molecule has 0 saturated carbocycles. The first-order chi connectivity index (χ1) is 16.9. The SMILES string of the molecule is CS(=O)(=O)CCc1nc(N(N)Cc2ccc(S(N)(=O)=O)cc2)nc2ccc(-c3ccc(F)cc3)nc12. The van der Waals surface area contributed by atoms with Gasteiger partial charge in [0.2, 0.25) is 16.0 Å². The predicted octanol–water partition coefficient (Wildman–Crippen LogP) is 1.95. The lowest BCUT2D eigenvalue weighted by atomic mass is 10.1. The van der Waals surface area contributed by atoms with Crippen molar-refractivity contribution in [1.82, 2.24) is 15.0 Å². The van der Waals surface area contributed by atoms with Gasteiger partial charge in [0.05, 0.1) is 34.1 Å². The number of sulfonamides is 1. The van der Waals surface area contributed by atoms with Crippen LogP contribution < -0.4 is 16.0 Å². The fraction of sp³-hybridized carbons (Fsp3) is 0.174. The lowest BCUT2D eigenvalue weighted by Gasteiger charge is -2.18. The number of sulfone groups is 1. The highest BCUT2D eigenvalue weighted by molar-refractivity contribution is 7.90. The predicted molar refractivity (Wildman–Crippen MR) is 134 cm³/mol. The van der Waals surface area contributed by atoms with Crippen LogP contribution in [0, 0.1) is 5.82 Å². The first-order valence-corrected chi connectivity index (χ1v) is 14.2. The molecule has 0 fully saturated rings. The van der Waals surface area contributed by atoms with Gasteiger partial charge < -0.3 is 0 Å². The van der Waals surface area contributed by atoms with Gasteiger partial charge in [-0.15, -0.1) is 0 Å². The molecule has 0 aliphatic rings. The largest absolute Gasteiger partial charge is 0.274 e. The summed E-state index contributed by atoms with van der Waals surface area (Å²) in [6, 6.07) is 15.2. The molecule has 0 amide bonds. The van der Waals surface area contributed by atoms with Crippen molar-refractivity contribution in [2.75, 3.05) is 17.0 Å². The van der Waals surface area contributed by atoms with Gasteiger partial charge in [0.1, 0.15) is 21.2 Å². The van der Waals surface area contributed by atoms with Gasteiger partial charge in [0, 0.05) is 18.2 Å². The molecular weight excluding hydrogens is 507 g/mol. The molecule has 0 aliphatic carbocycles. The molecular formula is C23H23FN6O4S2. The quantitative estimate of drug-likeness (QED) is 0.256. The molecule has 10 nitrogen and oxygen atoms in total. The van der Waals surface area contributed by atoms with Crippen LogP contribution in [0.15, 0.2) is 65.6 Å². The second kappa shape index (κ2) is 9.85. The highest BCUT2D eigenvalue weighted by Crippen LogP contribution is 2.24. The second-order valence-corrected chi connectivity index (χ2v) is 12.1. The summed E-state index contributed by atoms with van der Waals surface area (Å²) in [6.45, 7) is 0.142. The lowest BCUT2D eigenvalue weighted by Crippen LogP contribution is -2.32. The summed E-state index contributed by atoms with van der Waals surface area (Å²) in [5.74, 6) is 5.83. The van der Waals surface area contributed by atoms with E-state index in [9.17, 15) is 21.2 Å². The molecule has 0 bridgehead atoms. The Bertz CT molecular complexity index is 1630. The molecule has 0 spiro atoms. The van der Waals surface area contributed by atoms with Crippen molar-refractivity contribution in [3.8, 4) is 11.3 Å². The summed E-state index contributed by atoms with van der Waals surface area (Å²) in [5.41, 5.74) is 3.17. The minimum atomic E-state index is -3.82. The van der Waals surface area contributed by atoms with Crippen molar-refractivity contribution >= 4 is 36.8 Å². The van der Waals surface area contributed by atoms with E-state index in [0.29, 0.717) is 33.5 Å². The summed E-state index contributed by atoms with van der Waals surface area (Å²) in [7, 11) is -7.11. The number of hydrogen-bond donors (Lipinski definition) is 2. The molecule has 36 heavy (non-hydrogen) atoms. The number of pyridine rings is 1. The second-order valence-electron chi connectivity index (χ2n) is 8.24. The molecule has 0 atom stereocenters. The van der Waals surface area contributed by atoms with E-state index in [2.05, 4.69) is 15.0 Å². The molecule has 188 valence electrons. The molecule has 4 aromatic rings. The number of rotatable bonds is 8. The highest BCUT2D eigenvalue weighted by atomic mass is 32.2. The number of aromatic nitrogens is 3. The topological polar surface area (TPSA) is 162 Å². The molecule has 13 heteroatoms. The average Bonchev–Trinajstić information content (AvgIpc) is 2.82. The van der Waals surface area contributed by atoms with Crippen molar-refractivity contribution in [2.45, 2.75) is 17.9 Å². The molecule has 2 aromatic carbocycles. The molecule has 4 rings (SSSR count). The van der Waals surface area contributed by atoms with Gasteiger partial charge in [-0.2, -0.15) is 0 Å². The Morgan fingerprint density at radius 3 is 2.17 bits per heavy atom. The maximum Gasteiger partial charge on any atom is 0.241 e. The fourth-order valence-electron chi connectivity index (χ4n) is 3.48. The van der Waals surface area contributed by atoms with Crippen LogP contribution in [0.2, 0.25) is 0 Å². The summed E-state index contributed by atoms with van der Waals surface area (Å²) in [6.07, 6.45) is 1.22. The van der Waals surface area contributed by atoms with Crippen molar-refractivity contribution < 1.29 is 21.2 Å². The van der Waals surface area contributed by atoms with Crippen molar-refractivity contribution in [3.63, 3.8) is 0 Å². The van der Waals surface area contributed by atoms with Crippen LogP contribution in [0.5, 0.6) is 0 Å². The van der Waals surface area contributed by atoms with Crippen LogP contribution in [0.4, 0.5) is 10.3 Å². The first kappa shape index (κ1) is 25.6. The lowest BCUT2D eigenvalue weighted by molar-refractivity contribution is 0.597. The summed E-state index contributed by atoms with van der Waals surface area (Å²) >= 11 is 0. The Hall–Kier alpha value is -3.52. The number of halogens is 1. The zero-order valence-electron chi connectivity index (χ0n) is 19.2. The van der Waals surface area contributed by atoms with Gasteiger partial charge in [0.25, 0.3) is 0 Å². The Balaban J connectivity index is 1.71. The smallest absolute Gasteiger partial charge is 0.241 e. The van der Waals surface area contributed by atoms with E-state index >= 15 is 0 Å². The Morgan fingerprint density at radius 1 is 0.889 bits per heavy atom. The van der Waals surface area contributed by atoms with Crippen LogP contribution in [-0.4, -0.2) is 43.8 Å². The third-order valence-electron chi connectivity index (χ3n) is 5.31. The molecule has 2 aromatic heterocycles. The summed E-state index contributed by atoms with van der Waals surface area (Å²) in [5, 5.41) is 6.40. The van der Waals surface area contributed by atoms with E-state index in [1.807, 2.05) is 0 Å². The average molecular weight is 531 g/mol. The maximum absolute atomic E-state index is 13.3. The van der Waals surface area contributed by atoms with Gasteiger partial charge in [-0.25, -0.2) is 47.2 Å². The third kappa shape index (κ3) is 6.18. The maximum atomic E-state index is 13.3. The minimum Gasteiger partial charge on any atom is -0.274 e. The van der Waals surface area contributed by atoms with Crippen molar-refractivity contribution in [2.24, 2.45) is 11.0 Å². The van der Waals surface area contributed by atoms with Crippen LogP contribution in [0.25, 0.3) is 22.3 Å². The number of fused-ring (bicyclic) bond motifs is 1. The van der Waals surface area contributed by atoms with E-state index in [-0.39, 0.29) is 35.4 Å². The zero-order chi connectivity index (χ0) is 26.1. The molecule has 0 saturated heterocycles. The van der Waals surface area contributed by atoms with Crippen molar-refractivity contribution in [1.29, 1.82) is 0 Å². The van der Waals surface area contributed by atoms with Crippen LogP contribution in [-0.2, 0) is 32.8 Å². The van der Waals surface area contributed by atoms with Gasteiger partial charge in [-0.3, -0.25) is 5.01 Å². The first-order valence-electron chi connectivity index (χ1n) is 10.6. The standard InChI is InChI=1S/C23H23FN6O4S2/c1-35(31,32)13-12-21-22-20(11-10-19(27-22)16-4-6-17(24)7-5-16)28-23(29-21)30(25)14-15-2-8-18(9-3-15)36(26,33)34/h2-11H,12-14,25H2,1H3,(H2,26,33,34). The zero-order valence-corrected chi connectivity index (χ0v) is 20.8. The van der Waals surface area contributed by atoms with Gasteiger partial charge in [-0.05, 0) is 54.1 Å².